The Morgan fingerprint density at radius 3 is 1.50 bits per heavy atom. The molecule has 2 rings (SSSR count). The summed E-state index contributed by atoms with van der Waals surface area (Å²) >= 11 is 0. The topological polar surface area (TPSA) is 71.1 Å². The van der Waals surface area contributed by atoms with E-state index < -0.39 is 12.3 Å². The van der Waals surface area contributed by atoms with Gasteiger partial charge in [0.15, 0.2) is 0 Å². The largest absolute Gasteiger partial charge is 0.514 e. The molecule has 0 unspecified atom stereocenters. The van der Waals surface area contributed by atoms with E-state index in [1.807, 2.05) is 0 Å². The first-order chi connectivity index (χ1) is 5.79. The highest BCUT2D eigenvalue weighted by Gasteiger charge is 2.12. The van der Waals surface area contributed by atoms with Gasteiger partial charge in [0.25, 0.3) is 0 Å². The fourth-order valence-electron chi connectivity index (χ4n) is 0.519. The van der Waals surface area contributed by atoms with Gasteiger partial charge in [-0.2, -0.15) is 0 Å². The normalized spacial score (nSPS) is 19.7. The molecule has 0 aromatic rings. The molecule has 0 atom stereocenters. The van der Waals surface area contributed by atoms with Gasteiger partial charge in [-0.05, 0) is 0 Å². The lowest BCUT2D eigenvalue weighted by molar-refractivity contribution is -0.102. The van der Waals surface area contributed by atoms with Gasteiger partial charge in [0, 0.05) is 6.42 Å². The standard InChI is InChI=1S/C4H6O3.C2H2O3/c5-4-6-2-1-3-7-4;3-2-4-1-5-2/h1-3H2;1H2. The molecule has 0 aromatic carbocycles. The molecular weight excluding hydrogens is 168 g/mol. The highest BCUT2D eigenvalue weighted by atomic mass is 16.9. The molecule has 68 valence electrons. The third-order valence-electron chi connectivity index (χ3n) is 1.08. The summed E-state index contributed by atoms with van der Waals surface area (Å²) < 4.78 is 17.0. The van der Waals surface area contributed by atoms with E-state index in [4.69, 9.17) is 0 Å². The Labute approximate surface area is 68.3 Å². The fraction of sp³-hybridized carbons (Fsp3) is 0.667. The van der Waals surface area contributed by atoms with Crippen LogP contribution in [0, 0.1) is 0 Å². The summed E-state index contributed by atoms with van der Waals surface area (Å²) in [6.45, 7) is 1.16. The Morgan fingerprint density at radius 1 is 0.833 bits per heavy atom. The third kappa shape index (κ3) is 3.09. The van der Waals surface area contributed by atoms with Crippen molar-refractivity contribution in [1.82, 2.24) is 0 Å². The van der Waals surface area contributed by atoms with Crippen LogP contribution in [-0.2, 0) is 18.9 Å². The van der Waals surface area contributed by atoms with Crippen LogP contribution in [0.4, 0.5) is 9.59 Å². The number of rotatable bonds is 0. The zero-order chi connectivity index (χ0) is 8.81. The number of carbonyl (C=O) groups excluding carboxylic acids is 2. The van der Waals surface area contributed by atoms with Crippen LogP contribution < -0.4 is 0 Å². The fourth-order valence-corrected chi connectivity index (χ4v) is 0.519. The monoisotopic (exact) mass is 176 g/mol. The van der Waals surface area contributed by atoms with Crippen molar-refractivity contribution in [3.63, 3.8) is 0 Å². The molecule has 0 saturated carbocycles. The minimum Gasteiger partial charge on any atom is -0.434 e. The molecule has 2 saturated heterocycles. The van der Waals surface area contributed by atoms with E-state index in [1.54, 1.807) is 0 Å². The number of hydrogen-bond acceptors (Lipinski definition) is 6. The van der Waals surface area contributed by atoms with E-state index >= 15 is 0 Å². The van der Waals surface area contributed by atoms with Crippen molar-refractivity contribution in [2.24, 2.45) is 0 Å². The van der Waals surface area contributed by atoms with Crippen molar-refractivity contribution in [1.29, 1.82) is 0 Å². The second kappa shape index (κ2) is 4.42. The van der Waals surface area contributed by atoms with Gasteiger partial charge in [0.2, 0.25) is 6.79 Å². The van der Waals surface area contributed by atoms with Crippen molar-refractivity contribution >= 4 is 12.3 Å². The molecule has 0 amide bonds. The molecule has 0 N–H and O–H groups in total. The lowest BCUT2D eigenvalue weighted by Crippen LogP contribution is -2.21. The van der Waals surface area contributed by atoms with E-state index in [0.717, 1.165) is 6.42 Å². The van der Waals surface area contributed by atoms with Gasteiger partial charge in [-0.1, -0.05) is 0 Å². The number of carbonyl (C=O) groups is 2. The van der Waals surface area contributed by atoms with Crippen LogP contribution in [0.1, 0.15) is 6.42 Å². The average molecular weight is 176 g/mol. The van der Waals surface area contributed by atoms with Crippen LogP contribution in [0.5, 0.6) is 0 Å². The summed E-state index contributed by atoms with van der Waals surface area (Å²) in [6, 6.07) is 0. The summed E-state index contributed by atoms with van der Waals surface area (Å²) in [4.78, 5) is 19.5. The third-order valence-corrected chi connectivity index (χ3v) is 1.08. The summed E-state index contributed by atoms with van der Waals surface area (Å²) in [5, 5.41) is 0. The van der Waals surface area contributed by atoms with Crippen molar-refractivity contribution < 1.29 is 28.5 Å². The van der Waals surface area contributed by atoms with Crippen molar-refractivity contribution in [2.75, 3.05) is 20.0 Å². The van der Waals surface area contributed by atoms with Gasteiger partial charge >= 0.3 is 12.3 Å². The molecule has 2 aliphatic heterocycles. The molecular formula is C6H8O6. The van der Waals surface area contributed by atoms with E-state index in [0.29, 0.717) is 13.2 Å². The first-order valence-electron chi connectivity index (χ1n) is 3.38. The molecule has 6 nitrogen and oxygen atoms in total. The van der Waals surface area contributed by atoms with Gasteiger partial charge < -0.3 is 18.9 Å². The maximum atomic E-state index is 10.0. The van der Waals surface area contributed by atoms with E-state index in [2.05, 4.69) is 18.9 Å². The van der Waals surface area contributed by atoms with Crippen LogP contribution >= 0.6 is 0 Å². The molecule has 0 aliphatic carbocycles. The SMILES string of the molecule is O=C1OCCCO1.O=C1OCO1. The Morgan fingerprint density at radius 2 is 1.33 bits per heavy atom. The van der Waals surface area contributed by atoms with Crippen molar-refractivity contribution in [2.45, 2.75) is 6.42 Å². The van der Waals surface area contributed by atoms with Crippen molar-refractivity contribution in [3.05, 3.63) is 0 Å². The summed E-state index contributed by atoms with van der Waals surface area (Å²) in [7, 11) is 0. The predicted molar refractivity (Wildman–Crippen MR) is 34.3 cm³/mol. The maximum Gasteiger partial charge on any atom is 0.514 e. The number of cyclic esters (lactones) is 4. The Balaban J connectivity index is 0.000000127. The predicted octanol–water partition coefficient (Wildman–Crippen LogP) is 0.654. The Kier molecular flexibility index (Phi) is 3.18. The molecule has 2 heterocycles. The van der Waals surface area contributed by atoms with Gasteiger partial charge in [-0.15, -0.1) is 0 Å². The van der Waals surface area contributed by atoms with Gasteiger partial charge in [-0.25, -0.2) is 9.59 Å². The zero-order valence-corrected chi connectivity index (χ0v) is 6.28. The first-order valence-corrected chi connectivity index (χ1v) is 3.38. The first kappa shape index (κ1) is 8.63. The van der Waals surface area contributed by atoms with E-state index in [9.17, 15) is 9.59 Å². The number of hydrogen-bond donors (Lipinski definition) is 0. The molecule has 2 aliphatic rings. The van der Waals surface area contributed by atoms with Crippen LogP contribution in [0.3, 0.4) is 0 Å². The van der Waals surface area contributed by atoms with Gasteiger partial charge in [-0.3, -0.25) is 0 Å². The van der Waals surface area contributed by atoms with Crippen LogP contribution in [0.2, 0.25) is 0 Å². The van der Waals surface area contributed by atoms with Crippen LogP contribution in [0.25, 0.3) is 0 Å². The molecule has 0 aromatic heterocycles. The summed E-state index contributed by atoms with van der Waals surface area (Å²) in [6.07, 6.45) is -0.276. The molecule has 0 radical (unpaired) electrons. The van der Waals surface area contributed by atoms with Gasteiger partial charge in [0.1, 0.15) is 0 Å². The molecule has 6 heteroatoms. The second-order valence-electron chi connectivity index (χ2n) is 1.96. The van der Waals surface area contributed by atoms with E-state index in [1.165, 1.54) is 0 Å². The quantitative estimate of drug-likeness (QED) is 0.504. The maximum absolute atomic E-state index is 10.0. The zero-order valence-electron chi connectivity index (χ0n) is 6.28. The Bertz CT molecular complexity index is 163. The second-order valence-corrected chi connectivity index (χ2v) is 1.96. The highest BCUT2D eigenvalue weighted by molar-refractivity contribution is 5.62. The van der Waals surface area contributed by atoms with Crippen LogP contribution in [0.15, 0.2) is 0 Å². The smallest absolute Gasteiger partial charge is 0.434 e. The lowest BCUT2D eigenvalue weighted by Gasteiger charge is -2.10. The molecule has 2 fully saturated rings. The number of ether oxygens (including phenoxy) is 4. The highest BCUT2D eigenvalue weighted by Crippen LogP contribution is 1.95. The molecule has 0 bridgehead atoms. The molecule has 12 heavy (non-hydrogen) atoms. The minimum atomic E-state index is -0.565. The van der Waals surface area contributed by atoms with Gasteiger partial charge in [0.05, 0.1) is 13.2 Å². The summed E-state index contributed by atoms with van der Waals surface area (Å²) in [5.74, 6) is 0. The van der Waals surface area contributed by atoms with Crippen LogP contribution in [-0.4, -0.2) is 32.3 Å². The lowest BCUT2D eigenvalue weighted by atomic mass is 10.5. The van der Waals surface area contributed by atoms with E-state index in [-0.39, 0.29) is 6.79 Å². The Hall–Kier alpha value is -1.46. The van der Waals surface area contributed by atoms with Crippen molar-refractivity contribution in [3.8, 4) is 0 Å². The molecule has 0 spiro atoms. The average Bonchev–Trinajstić information content (AvgIpc) is 2.04. The minimum absolute atomic E-state index is 0.138. The summed E-state index contributed by atoms with van der Waals surface area (Å²) in [5.41, 5.74) is 0.